The number of aromatic nitrogens is 2. The number of nitrogens with zero attached hydrogens (tertiary/aromatic N) is 3. The van der Waals surface area contributed by atoms with E-state index in [0.717, 1.165) is 30.8 Å². The van der Waals surface area contributed by atoms with E-state index in [9.17, 15) is 4.79 Å². The first-order valence-corrected chi connectivity index (χ1v) is 8.08. The van der Waals surface area contributed by atoms with Gasteiger partial charge in [-0.05, 0) is 36.6 Å². The van der Waals surface area contributed by atoms with Gasteiger partial charge >= 0.3 is 0 Å². The van der Waals surface area contributed by atoms with Crippen molar-refractivity contribution in [3.63, 3.8) is 0 Å². The van der Waals surface area contributed by atoms with Crippen LogP contribution in [0.1, 0.15) is 18.1 Å². The average molecular weight is 305 g/mol. The molecule has 4 heteroatoms. The molecule has 0 spiro atoms. The molecule has 4 nitrogen and oxygen atoms in total. The van der Waals surface area contributed by atoms with E-state index in [0.29, 0.717) is 6.42 Å². The van der Waals surface area contributed by atoms with Crippen molar-refractivity contribution in [3.8, 4) is 0 Å². The van der Waals surface area contributed by atoms with Gasteiger partial charge in [0.15, 0.2) is 0 Å². The number of hydrogen-bond donors (Lipinski definition) is 0. The monoisotopic (exact) mass is 305 g/mol. The second kappa shape index (κ2) is 5.54. The number of pyridine rings is 1. The number of amides is 1. The van der Waals surface area contributed by atoms with Gasteiger partial charge in [-0.25, -0.2) is 0 Å². The third-order valence-electron chi connectivity index (χ3n) is 4.64. The minimum absolute atomic E-state index is 0.149. The predicted molar refractivity (Wildman–Crippen MR) is 91.6 cm³/mol. The summed E-state index contributed by atoms with van der Waals surface area (Å²) in [6.07, 6.45) is 7.06. The van der Waals surface area contributed by atoms with Crippen LogP contribution in [-0.2, 0) is 24.2 Å². The number of fused-ring (bicyclic) bond motifs is 2. The van der Waals surface area contributed by atoms with E-state index in [1.54, 1.807) is 12.4 Å². The molecule has 1 aliphatic rings. The van der Waals surface area contributed by atoms with Crippen molar-refractivity contribution >= 4 is 22.5 Å². The summed E-state index contributed by atoms with van der Waals surface area (Å²) in [5.74, 6) is 0.149. The molecule has 1 aliphatic heterocycles. The molecule has 0 N–H and O–H groups in total. The zero-order valence-electron chi connectivity index (χ0n) is 13.2. The fourth-order valence-corrected chi connectivity index (χ4v) is 3.46. The van der Waals surface area contributed by atoms with Gasteiger partial charge < -0.3 is 9.47 Å². The summed E-state index contributed by atoms with van der Waals surface area (Å²) in [6, 6.07) is 10.3. The van der Waals surface area contributed by atoms with Gasteiger partial charge in [-0.2, -0.15) is 0 Å². The summed E-state index contributed by atoms with van der Waals surface area (Å²) in [5.41, 5.74) is 4.48. The first-order valence-electron chi connectivity index (χ1n) is 8.08. The Kier molecular flexibility index (Phi) is 3.37. The lowest BCUT2D eigenvalue weighted by Gasteiger charge is -2.16. The highest BCUT2D eigenvalue weighted by Gasteiger charge is 2.25. The zero-order chi connectivity index (χ0) is 15.8. The second-order valence-electron chi connectivity index (χ2n) is 5.93. The van der Waals surface area contributed by atoms with Crippen molar-refractivity contribution in [2.75, 3.05) is 11.4 Å². The van der Waals surface area contributed by atoms with Gasteiger partial charge in [0.1, 0.15) is 0 Å². The molecule has 23 heavy (non-hydrogen) atoms. The highest BCUT2D eigenvalue weighted by molar-refractivity contribution is 5.99. The van der Waals surface area contributed by atoms with Gasteiger partial charge in [0.2, 0.25) is 5.91 Å². The van der Waals surface area contributed by atoms with E-state index < -0.39 is 0 Å². The molecule has 0 saturated heterocycles. The van der Waals surface area contributed by atoms with E-state index in [2.05, 4.69) is 34.8 Å². The molecule has 4 rings (SSSR count). The van der Waals surface area contributed by atoms with E-state index in [1.807, 2.05) is 23.1 Å². The van der Waals surface area contributed by atoms with E-state index in [4.69, 9.17) is 0 Å². The smallest absolute Gasteiger partial charge is 0.231 e. The Bertz CT molecular complexity index is 881. The summed E-state index contributed by atoms with van der Waals surface area (Å²) < 4.78 is 2.21. The van der Waals surface area contributed by atoms with Crippen molar-refractivity contribution in [2.24, 2.45) is 0 Å². The number of para-hydroxylation sites is 1. The number of hydrogen-bond acceptors (Lipinski definition) is 2. The summed E-state index contributed by atoms with van der Waals surface area (Å²) in [5, 5.41) is 1.17. The number of anilines is 1. The molecule has 3 aromatic rings. The minimum atomic E-state index is 0.149. The summed E-state index contributed by atoms with van der Waals surface area (Å²) in [7, 11) is 0. The number of carbonyl (C=O) groups is 1. The lowest BCUT2D eigenvalue weighted by atomic mass is 10.1. The standard InChI is InChI=1S/C19H19N3O/c1-2-21-13-15(16-5-3-4-6-17(16)21)11-19(23)22-10-8-14-7-9-20-12-18(14)22/h3-7,9,12-13H,2,8,10-11H2,1H3. The molecule has 0 saturated carbocycles. The second-order valence-corrected chi connectivity index (χ2v) is 5.93. The van der Waals surface area contributed by atoms with E-state index >= 15 is 0 Å². The van der Waals surface area contributed by atoms with Gasteiger partial charge in [-0.3, -0.25) is 9.78 Å². The fraction of sp³-hybridized carbons (Fsp3) is 0.263. The maximum Gasteiger partial charge on any atom is 0.231 e. The van der Waals surface area contributed by atoms with Crippen molar-refractivity contribution in [1.29, 1.82) is 0 Å². The Morgan fingerprint density at radius 3 is 3.00 bits per heavy atom. The Morgan fingerprint density at radius 2 is 2.13 bits per heavy atom. The largest absolute Gasteiger partial charge is 0.347 e. The Morgan fingerprint density at radius 1 is 1.26 bits per heavy atom. The Balaban J connectivity index is 1.65. The summed E-state index contributed by atoms with van der Waals surface area (Å²) in [4.78, 5) is 18.8. The van der Waals surface area contributed by atoms with Gasteiger partial charge in [0.05, 0.1) is 18.3 Å². The van der Waals surface area contributed by atoms with Crippen LogP contribution in [0.5, 0.6) is 0 Å². The molecular weight excluding hydrogens is 286 g/mol. The van der Waals surface area contributed by atoms with Crippen LogP contribution in [0.3, 0.4) is 0 Å². The van der Waals surface area contributed by atoms with Crippen LogP contribution in [0, 0.1) is 0 Å². The van der Waals surface area contributed by atoms with Crippen LogP contribution in [-0.4, -0.2) is 22.0 Å². The summed E-state index contributed by atoms with van der Waals surface area (Å²) in [6.45, 7) is 3.79. The highest BCUT2D eigenvalue weighted by Crippen LogP contribution is 2.28. The van der Waals surface area contributed by atoms with Gasteiger partial charge in [0, 0.05) is 36.4 Å². The third-order valence-corrected chi connectivity index (χ3v) is 4.64. The van der Waals surface area contributed by atoms with Gasteiger partial charge in [-0.15, -0.1) is 0 Å². The molecule has 0 bridgehead atoms. The van der Waals surface area contributed by atoms with Gasteiger partial charge in [-0.1, -0.05) is 18.2 Å². The molecule has 1 aromatic carbocycles. The number of rotatable bonds is 3. The van der Waals surface area contributed by atoms with E-state index in [-0.39, 0.29) is 5.91 Å². The topological polar surface area (TPSA) is 38.1 Å². The van der Waals surface area contributed by atoms with Crippen molar-refractivity contribution in [2.45, 2.75) is 26.3 Å². The van der Waals surface area contributed by atoms with E-state index in [1.165, 1.54) is 16.5 Å². The molecule has 1 amide bonds. The Labute approximate surface area is 135 Å². The van der Waals surface area contributed by atoms with Crippen LogP contribution in [0.15, 0.2) is 48.9 Å². The van der Waals surface area contributed by atoms with Crippen LogP contribution >= 0.6 is 0 Å². The molecule has 0 atom stereocenters. The molecular formula is C19H19N3O. The molecule has 3 heterocycles. The van der Waals surface area contributed by atoms with Crippen LogP contribution in [0.2, 0.25) is 0 Å². The van der Waals surface area contributed by atoms with Crippen molar-refractivity contribution in [1.82, 2.24) is 9.55 Å². The molecule has 2 aromatic heterocycles. The summed E-state index contributed by atoms with van der Waals surface area (Å²) >= 11 is 0. The van der Waals surface area contributed by atoms with Gasteiger partial charge in [0.25, 0.3) is 0 Å². The first-order chi connectivity index (χ1) is 11.3. The van der Waals surface area contributed by atoms with Crippen molar-refractivity contribution in [3.05, 3.63) is 60.0 Å². The zero-order valence-corrected chi connectivity index (χ0v) is 13.2. The van der Waals surface area contributed by atoms with Crippen LogP contribution in [0.4, 0.5) is 5.69 Å². The maximum absolute atomic E-state index is 12.8. The SMILES string of the molecule is CCn1cc(CC(=O)N2CCc3ccncc32)c2ccccc21. The maximum atomic E-state index is 12.8. The quantitative estimate of drug-likeness (QED) is 0.745. The number of aryl methyl sites for hydroxylation is 1. The number of benzene rings is 1. The molecule has 0 unspecified atom stereocenters. The average Bonchev–Trinajstić information content (AvgIpc) is 3.17. The molecule has 0 radical (unpaired) electrons. The fourth-order valence-electron chi connectivity index (χ4n) is 3.46. The lowest BCUT2D eigenvalue weighted by Crippen LogP contribution is -2.30. The minimum Gasteiger partial charge on any atom is -0.347 e. The molecule has 0 aliphatic carbocycles. The molecule has 0 fully saturated rings. The van der Waals surface area contributed by atoms with Crippen LogP contribution in [0.25, 0.3) is 10.9 Å². The lowest BCUT2D eigenvalue weighted by molar-refractivity contribution is -0.117. The van der Waals surface area contributed by atoms with Crippen molar-refractivity contribution < 1.29 is 4.79 Å². The number of carbonyl (C=O) groups excluding carboxylic acids is 1. The predicted octanol–water partition coefficient (Wildman–Crippen LogP) is 3.19. The van der Waals surface area contributed by atoms with Crippen LogP contribution < -0.4 is 4.90 Å². The highest BCUT2D eigenvalue weighted by atomic mass is 16.2. The normalized spacial score (nSPS) is 13.5. The third kappa shape index (κ3) is 2.31. The molecule has 116 valence electrons. The Hall–Kier alpha value is -2.62. The first kappa shape index (κ1) is 14.0.